The van der Waals surface area contributed by atoms with Crippen LogP contribution in [0.1, 0.15) is 41.3 Å². The Kier molecular flexibility index (Phi) is 4.12. The zero-order valence-electron chi connectivity index (χ0n) is 9.55. The maximum absolute atomic E-state index is 11.8. The first-order valence-electron chi connectivity index (χ1n) is 5.15. The van der Waals surface area contributed by atoms with E-state index in [2.05, 4.69) is 11.8 Å². The van der Waals surface area contributed by atoms with Gasteiger partial charge in [-0.1, -0.05) is 17.7 Å². The molecule has 0 aliphatic rings. The first-order chi connectivity index (χ1) is 7.15. The van der Waals surface area contributed by atoms with Crippen molar-refractivity contribution in [3.8, 4) is 11.8 Å². The van der Waals surface area contributed by atoms with Gasteiger partial charge in [-0.05, 0) is 32.4 Å². The van der Waals surface area contributed by atoms with E-state index in [1.54, 1.807) is 6.92 Å². The van der Waals surface area contributed by atoms with Crippen LogP contribution in [0.25, 0.3) is 0 Å². The highest BCUT2D eigenvalue weighted by atomic mass is 16.1. The molecule has 0 fully saturated rings. The number of carbonyl (C=O) groups excluding carboxylic acids is 1. The van der Waals surface area contributed by atoms with Crippen molar-refractivity contribution in [1.29, 1.82) is 0 Å². The molecule has 0 saturated carbocycles. The van der Waals surface area contributed by atoms with Gasteiger partial charge >= 0.3 is 0 Å². The van der Waals surface area contributed by atoms with Crippen LogP contribution in [0.3, 0.4) is 0 Å². The van der Waals surface area contributed by atoms with Crippen LogP contribution in [0.2, 0.25) is 0 Å². The molecule has 0 radical (unpaired) electrons. The molecular formula is C14H16O. The van der Waals surface area contributed by atoms with Gasteiger partial charge in [0.2, 0.25) is 0 Å². The molecule has 0 atom stereocenters. The van der Waals surface area contributed by atoms with Crippen molar-refractivity contribution in [2.75, 3.05) is 0 Å². The average molecular weight is 200 g/mol. The molecule has 0 aliphatic carbocycles. The largest absolute Gasteiger partial charge is 0.294 e. The van der Waals surface area contributed by atoms with Crippen LogP contribution in [-0.2, 0) is 0 Å². The highest BCUT2D eigenvalue weighted by Crippen LogP contribution is 2.13. The molecule has 0 saturated heterocycles. The molecular weight excluding hydrogens is 184 g/mol. The SMILES string of the molecule is CC#CCCC(=O)c1cc(C)ccc1C. The molecule has 0 aliphatic heterocycles. The van der Waals surface area contributed by atoms with Crippen molar-refractivity contribution in [3.63, 3.8) is 0 Å². The summed E-state index contributed by atoms with van der Waals surface area (Å²) in [5, 5.41) is 0. The van der Waals surface area contributed by atoms with Crippen molar-refractivity contribution in [1.82, 2.24) is 0 Å². The number of Topliss-reactive ketones (excluding diaryl/α,β-unsaturated/α-hetero) is 1. The summed E-state index contributed by atoms with van der Waals surface area (Å²) >= 11 is 0. The first-order valence-corrected chi connectivity index (χ1v) is 5.15. The van der Waals surface area contributed by atoms with Crippen LogP contribution < -0.4 is 0 Å². The van der Waals surface area contributed by atoms with E-state index in [0.717, 1.165) is 16.7 Å². The molecule has 0 heterocycles. The first kappa shape index (κ1) is 11.5. The van der Waals surface area contributed by atoms with Gasteiger partial charge in [-0.15, -0.1) is 11.8 Å². The van der Waals surface area contributed by atoms with Gasteiger partial charge in [-0.2, -0.15) is 0 Å². The lowest BCUT2D eigenvalue weighted by atomic mass is 9.99. The smallest absolute Gasteiger partial charge is 0.164 e. The number of hydrogen-bond acceptors (Lipinski definition) is 1. The fourth-order valence-electron chi connectivity index (χ4n) is 1.47. The van der Waals surface area contributed by atoms with E-state index in [-0.39, 0.29) is 5.78 Å². The van der Waals surface area contributed by atoms with E-state index < -0.39 is 0 Å². The molecule has 0 bridgehead atoms. The Morgan fingerprint density at radius 3 is 2.73 bits per heavy atom. The molecule has 1 aromatic carbocycles. The molecule has 1 rings (SSSR count). The molecule has 0 aromatic heterocycles. The number of rotatable bonds is 3. The van der Waals surface area contributed by atoms with Crippen LogP contribution in [0.5, 0.6) is 0 Å². The van der Waals surface area contributed by atoms with Crippen molar-refractivity contribution < 1.29 is 4.79 Å². The van der Waals surface area contributed by atoms with E-state index in [4.69, 9.17) is 0 Å². The fraction of sp³-hybridized carbons (Fsp3) is 0.357. The summed E-state index contributed by atoms with van der Waals surface area (Å²) < 4.78 is 0. The Hall–Kier alpha value is -1.55. The lowest BCUT2D eigenvalue weighted by Gasteiger charge is -2.04. The predicted octanol–water partition coefficient (Wildman–Crippen LogP) is 3.29. The van der Waals surface area contributed by atoms with Crippen LogP contribution in [-0.4, -0.2) is 5.78 Å². The molecule has 1 aromatic rings. The highest BCUT2D eigenvalue weighted by Gasteiger charge is 2.07. The molecule has 15 heavy (non-hydrogen) atoms. The minimum atomic E-state index is 0.193. The van der Waals surface area contributed by atoms with Gasteiger partial charge in [0.05, 0.1) is 0 Å². The Balaban J connectivity index is 2.80. The van der Waals surface area contributed by atoms with Gasteiger partial charge in [0.25, 0.3) is 0 Å². The topological polar surface area (TPSA) is 17.1 Å². The fourth-order valence-corrected chi connectivity index (χ4v) is 1.47. The number of aryl methyl sites for hydroxylation is 2. The summed E-state index contributed by atoms with van der Waals surface area (Å²) in [6, 6.07) is 5.98. The number of ketones is 1. The standard InChI is InChI=1S/C14H16O/c1-4-5-6-7-14(15)13-10-11(2)8-9-12(13)3/h8-10H,6-7H2,1-3H3. The monoisotopic (exact) mass is 200 g/mol. The van der Waals surface area contributed by atoms with Crippen molar-refractivity contribution in [2.45, 2.75) is 33.6 Å². The summed E-state index contributed by atoms with van der Waals surface area (Å²) in [5.41, 5.74) is 3.02. The van der Waals surface area contributed by atoms with Gasteiger partial charge in [0.1, 0.15) is 0 Å². The predicted molar refractivity (Wildman–Crippen MR) is 62.9 cm³/mol. The van der Waals surface area contributed by atoms with E-state index in [9.17, 15) is 4.79 Å². The minimum absolute atomic E-state index is 0.193. The summed E-state index contributed by atoms with van der Waals surface area (Å²) in [6.45, 7) is 5.77. The minimum Gasteiger partial charge on any atom is -0.294 e. The maximum Gasteiger partial charge on any atom is 0.164 e. The van der Waals surface area contributed by atoms with Crippen molar-refractivity contribution >= 4 is 5.78 Å². The molecule has 1 nitrogen and oxygen atoms in total. The zero-order chi connectivity index (χ0) is 11.3. The second-order valence-electron chi connectivity index (χ2n) is 3.67. The number of benzene rings is 1. The van der Waals surface area contributed by atoms with E-state index in [1.807, 2.05) is 32.0 Å². The van der Waals surface area contributed by atoms with Crippen molar-refractivity contribution in [3.05, 3.63) is 34.9 Å². The lowest BCUT2D eigenvalue weighted by Crippen LogP contribution is -2.01. The van der Waals surface area contributed by atoms with Gasteiger partial charge in [0, 0.05) is 18.4 Å². The Labute approximate surface area is 91.5 Å². The maximum atomic E-state index is 11.8. The Bertz CT molecular complexity index is 419. The average Bonchev–Trinajstić information content (AvgIpc) is 2.22. The van der Waals surface area contributed by atoms with Crippen LogP contribution in [0.4, 0.5) is 0 Å². The molecule has 0 unspecified atom stereocenters. The quantitative estimate of drug-likeness (QED) is 0.540. The normalized spacial score (nSPS) is 9.27. The molecule has 0 N–H and O–H groups in total. The molecule has 0 spiro atoms. The summed E-state index contributed by atoms with van der Waals surface area (Å²) in [4.78, 5) is 11.8. The van der Waals surface area contributed by atoms with Crippen molar-refractivity contribution in [2.24, 2.45) is 0 Å². The summed E-state index contributed by atoms with van der Waals surface area (Å²) in [5.74, 6) is 5.90. The Morgan fingerprint density at radius 2 is 2.07 bits per heavy atom. The summed E-state index contributed by atoms with van der Waals surface area (Å²) in [7, 11) is 0. The van der Waals surface area contributed by atoms with Gasteiger partial charge < -0.3 is 0 Å². The number of hydrogen-bond donors (Lipinski definition) is 0. The van der Waals surface area contributed by atoms with E-state index in [1.165, 1.54) is 0 Å². The van der Waals surface area contributed by atoms with E-state index in [0.29, 0.717) is 12.8 Å². The third-order valence-corrected chi connectivity index (χ3v) is 2.35. The second-order valence-corrected chi connectivity index (χ2v) is 3.67. The van der Waals surface area contributed by atoms with Gasteiger partial charge in [-0.3, -0.25) is 4.79 Å². The summed E-state index contributed by atoms with van der Waals surface area (Å²) in [6.07, 6.45) is 1.17. The zero-order valence-corrected chi connectivity index (χ0v) is 9.55. The third kappa shape index (κ3) is 3.25. The highest BCUT2D eigenvalue weighted by molar-refractivity contribution is 5.97. The molecule has 78 valence electrons. The van der Waals surface area contributed by atoms with Crippen LogP contribution >= 0.6 is 0 Å². The van der Waals surface area contributed by atoms with Crippen LogP contribution in [0.15, 0.2) is 18.2 Å². The third-order valence-electron chi connectivity index (χ3n) is 2.35. The van der Waals surface area contributed by atoms with Gasteiger partial charge in [0.15, 0.2) is 5.78 Å². The van der Waals surface area contributed by atoms with E-state index >= 15 is 0 Å². The van der Waals surface area contributed by atoms with Gasteiger partial charge in [-0.25, -0.2) is 0 Å². The van der Waals surface area contributed by atoms with Crippen LogP contribution in [0, 0.1) is 25.7 Å². The lowest BCUT2D eigenvalue weighted by molar-refractivity contribution is 0.0983. The second kappa shape index (κ2) is 5.36. The molecule has 1 heteroatoms. The molecule has 0 amide bonds. The Morgan fingerprint density at radius 1 is 1.33 bits per heavy atom. The number of carbonyl (C=O) groups is 1.